The molecule has 0 saturated heterocycles. The third kappa shape index (κ3) is 5.87. The summed E-state index contributed by atoms with van der Waals surface area (Å²) >= 11 is 12.6. The van der Waals surface area contributed by atoms with E-state index in [9.17, 15) is 22.8 Å². The lowest BCUT2D eigenvalue weighted by Crippen LogP contribution is -2.29. The number of pyridine rings is 3. The first-order chi connectivity index (χ1) is 19.4. The highest BCUT2D eigenvalue weighted by atomic mass is 35.5. The van der Waals surface area contributed by atoms with Crippen molar-refractivity contribution in [3.63, 3.8) is 0 Å². The van der Waals surface area contributed by atoms with Crippen LogP contribution in [0.1, 0.15) is 43.6 Å². The Kier molecular flexibility index (Phi) is 7.68. The van der Waals surface area contributed by atoms with E-state index in [1.54, 1.807) is 43.0 Å². The molecule has 1 N–H and O–H groups in total. The number of hydrogen-bond donors (Lipinski definition) is 1. The number of nitrogens with one attached hydrogen (secondary N) is 1. The molecule has 0 bridgehead atoms. The van der Waals surface area contributed by atoms with E-state index < -0.39 is 28.7 Å². The summed E-state index contributed by atoms with van der Waals surface area (Å²) in [4.78, 5) is 39.6. The molecule has 0 aliphatic rings. The summed E-state index contributed by atoms with van der Waals surface area (Å²) in [5, 5.41) is 6.87. The Hall–Kier alpha value is -4.07. The van der Waals surface area contributed by atoms with Crippen LogP contribution in [0.25, 0.3) is 16.6 Å². The number of halogens is 5. The normalized spacial score (nSPS) is 12.4. The summed E-state index contributed by atoms with van der Waals surface area (Å²) in [6.45, 7) is 1.74. The van der Waals surface area contributed by atoms with E-state index in [-0.39, 0.29) is 16.6 Å². The summed E-state index contributed by atoms with van der Waals surface area (Å²) in [6, 6.07) is 7.29. The highest BCUT2D eigenvalue weighted by Gasteiger charge is 2.34. The van der Waals surface area contributed by atoms with Crippen LogP contribution in [-0.2, 0) is 6.18 Å². The molecule has 5 heterocycles. The molecule has 5 aromatic heterocycles. The molecule has 2 amide bonds. The van der Waals surface area contributed by atoms with Gasteiger partial charge in [0, 0.05) is 31.2 Å². The van der Waals surface area contributed by atoms with Gasteiger partial charge < -0.3 is 10.2 Å². The molecule has 15 heteroatoms. The summed E-state index contributed by atoms with van der Waals surface area (Å²) in [6.07, 6.45) is 2.24. The van der Waals surface area contributed by atoms with Gasteiger partial charge in [-0.3, -0.25) is 9.59 Å². The van der Waals surface area contributed by atoms with Crippen LogP contribution in [0.4, 0.5) is 19.0 Å². The first-order valence-electron chi connectivity index (χ1n) is 11.8. The number of rotatable bonds is 6. The van der Waals surface area contributed by atoms with Crippen molar-refractivity contribution in [2.45, 2.75) is 19.1 Å². The summed E-state index contributed by atoms with van der Waals surface area (Å²) in [5.41, 5.74) is 1.52. The zero-order chi connectivity index (χ0) is 29.5. The molecule has 0 aliphatic heterocycles. The first kappa shape index (κ1) is 28.5. The molecular formula is C26H18Cl2F3N7O2S. The third-order valence-electron chi connectivity index (χ3n) is 6.21. The van der Waals surface area contributed by atoms with E-state index in [0.29, 0.717) is 27.3 Å². The standard InChI is InChI=1S/C26H18Cl2F3N7O2S/c1-13(24-34-11-20(41-24)23(39)36-22-8-17(26(29,30)31)18(27)10-33-22)37(2)25(40)16-9-35-38-12-15(3-4-19(16)38)14-5-6-32-21(28)7-14/h3-13H,1-2H3,(H,33,36,39). The van der Waals surface area contributed by atoms with Gasteiger partial charge in [-0.15, -0.1) is 11.3 Å². The average molecular weight is 620 g/mol. The van der Waals surface area contributed by atoms with E-state index in [4.69, 9.17) is 23.2 Å². The fourth-order valence-corrected chi connectivity index (χ4v) is 5.21. The van der Waals surface area contributed by atoms with Crippen LogP contribution in [0.2, 0.25) is 10.2 Å². The minimum absolute atomic E-state index is 0.123. The van der Waals surface area contributed by atoms with Gasteiger partial charge in [0.05, 0.1) is 40.1 Å². The van der Waals surface area contributed by atoms with Crippen LogP contribution in [-0.4, -0.2) is 48.3 Å². The second kappa shape index (κ2) is 11.1. The zero-order valence-electron chi connectivity index (χ0n) is 21.1. The van der Waals surface area contributed by atoms with Crippen molar-refractivity contribution >= 4 is 57.7 Å². The van der Waals surface area contributed by atoms with E-state index >= 15 is 0 Å². The number of anilines is 1. The number of amides is 2. The summed E-state index contributed by atoms with van der Waals surface area (Å²) < 4.78 is 41.0. The van der Waals surface area contributed by atoms with Gasteiger partial charge >= 0.3 is 6.18 Å². The molecule has 0 aromatic carbocycles. The van der Waals surface area contributed by atoms with Crippen LogP contribution in [0.3, 0.4) is 0 Å². The Labute approximate surface area is 244 Å². The second-order valence-corrected chi connectivity index (χ2v) is 10.7. The fourth-order valence-electron chi connectivity index (χ4n) is 3.92. The molecule has 5 aromatic rings. The monoisotopic (exact) mass is 619 g/mol. The van der Waals surface area contributed by atoms with Gasteiger partial charge in [0.25, 0.3) is 11.8 Å². The average Bonchev–Trinajstić information content (AvgIpc) is 3.60. The Bertz CT molecular complexity index is 1790. The van der Waals surface area contributed by atoms with Crippen molar-refractivity contribution in [2.24, 2.45) is 0 Å². The number of carbonyl (C=O) groups excluding carboxylic acids is 2. The molecule has 0 fully saturated rings. The number of carbonyl (C=O) groups is 2. The van der Waals surface area contributed by atoms with Crippen molar-refractivity contribution in [2.75, 3.05) is 12.4 Å². The Morgan fingerprint density at radius 1 is 1.05 bits per heavy atom. The molecule has 0 radical (unpaired) electrons. The lowest BCUT2D eigenvalue weighted by molar-refractivity contribution is -0.137. The van der Waals surface area contributed by atoms with Crippen LogP contribution in [0, 0.1) is 0 Å². The van der Waals surface area contributed by atoms with Gasteiger partial charge in [-0.25, -0.2) is 19.5 Å². The van der Waals surface area contributed by atoms with Gasteiger partial charge in [0.1, 0.15) is 20.9 Å². The SMILES string of the molecule is CC(c1ncc(C(=O)Nc2cc(C(F)(F)F)c(Cl)cn2)s1)N(C)C(=O)c1cnn2cc(-c3ccnc(Cl)c3)ccc12. The number of hydrogen-bond acceptors (Lipinski definition) is 7. The largest absolute Gasteiger partial charge is 0.418 e. The van der Waals surface area contributed by atoms with E-state index in [0.717, 1.165) is 28.7 Å². The first-order valence-corrected chi connectivity index (χ1v) is 13.4. The van der Waals surface area contributed by atoms with Gasteiger partial charge in [0.15, 0.2) is 0 Å². The van der Waals surface area contributed by atoms with Gasteiger partial charge in [0.2, 0.25) is 0 Å². The molecule has 5 rings (SSSR count). The van der Waals surface area contributed by atoms with Crippen molar-refractivity contribution < 1.29 is 22.8 Å². The molecule has 0 spiro atoms. The topological polar surface area (TPSA) is 105 Å². The van der Waals surface area contributed by atoms with Gasteiger partial charge in [-0.05, 0) is 36.8 Å². The number of fused-ring (bicyclic) bond motifs is 1. The molecule has 9 nitrogen and oxygen atoms in total. The quantitative estimate of drug-likeness (QED) is 0.213. The van der Waals surface area contributed by atoms with Crippen molar-refractivity contribution in [1.82, 2.24) is 29.5 Å². The summed E-state index contributed by atoms with van der Waals surface area (Å²) in [5.74, 6) is -1.34. The molecular weight excluding hydrogens is 602 g/mol. The van der Waals surface area contributed by atoms with Crippen LogP contribution in [0.15, 0.2) is 61.3 Å². The highest BCUT2D eigenvalue weighted by molar-refractivity contribution is 7.13. The van der Waals surface area contributed by atoms with E-state index in [1.165, 1.54) is 17.3 Å². The van der Waals surface area contributed by atoms with Crippen molar-refractivity contribution in [3.05, 3.63) is 92.5 Å². The maximum atomic E-state index is 13.4. The van der Waals surface area contributed by atoms with Crippen LogP contribution < -0.4 is 5.32 Å². The Balaban J connectivity index is 1.31. The smallest absolute Gasteiger partial charge is 0.332 e. The molecule has 1 unspecified atom stereocenters. The minimum Gasteiger partial charge on any atom is -0.332 e. The zero-order valence-corrected chi connectivity index (χ0v) is 23.5. The number of aromatic nitrogens is 5. The van der Waals surface area contributed by atoms with Gasteiger partial charge in [-0.2, -0.15) is 18.3 Å². The van der Waals surface area contributed by atoms with Gasteiger partial charge in [-0.1, -0.05) is 29.3 Å². The molecule has 41 heavy (non-hydrogen) atoms. The fraction of sp³-hybridized carbons (Fsp3) is 0.154. The number of nitrogens with zero attached hydrogens (tertiary/aromatic N) is 6. The second-order valence-electron chi connectivity index (χ2n) is 8.83. The van der Waals surface area contributed by atoms with E-state index in [2.05, 4.69) is 25.4 Å². The lowest BCUT2D eigenvalue weighted by atomic mass is 10.1. The Morgan fingerprint density at radius 3 is 2.56 bits per heavy atom. The Morgan fingerprint density at radius 2 is 1.83 bits per heavy atom. The predicted molar refractivity (Wildman–Crippen MR) is 148 cm³/mol. The van der Waals surface area contributed by atoms with Crippen molar-refractivity contribution in [3.8, 4) is 11.1 Å². The van der Waals surface area contributed by atoms with Crippen LogP contribution >= 0.6 is 34.5 Å². The maximum Gasteiger partial charge on any atom is 0.418 e. The summed E-state index contributed by atoms with van der Waals surface area (Å²) in [7, 11) is 1.60. The third-order valence-corrected chi connectivity index (χ3v) is 7.89. The number of thiazole rings is 1. The maximum absolute atomic E-state index is 13.4. The predicted octanol–water partition coefficient (Wildman–Crippen LogP) is 6.66. The van der Waals surface area contributed by atoms with E-state index in [1.807, 2.05) is 12.1 Å². The number of alkyl halides is 3. The minimum atomic E-state index is -4.71. The molecule has 1 atom stereocenters. The molecule has 0 saturated carbocycles. The molecule has 210 valence electrons. The lowest BCUT2D eigenvalue weighted by Gasteiger charge is -2.22. The van der Waals surface area contributed by atoms with Crippen LogP contribution in [0.5, 0.6) is 0 Å². The highest BCUT2D eigenvalue weighted by Crippen LogP contribution is 2.35. The molecule has 0 aliphatic carbocycles. The van der Waals surface area contributed by atoms with Crippen molar-refractivity contribution in [1.29, 1.82) is 0 Å².